The highest BCUT2D eigenvalue weighted by Crippen LogP contribution is 2.35. The molecule has 0 aliphatic rings. The minimum absolute atomic E-state index is 0. The summed E-state index contributed by atoms with van der Waals surface area (Å²) >= 11 is 3.16. The van der Waals surface area contributed by atoms with E-state index in [9.17, 15) is 22.0 Å². The molecule has 0 spiro atoms. The number of hydrogen-bond donors (Lipinski definition) is 1. The zero-order chi connectivity index (χ0) is 24.6. The van der Waals surface area contributed by atoms with E-state index >= 15 is 0 Å². The smallest absolute Gasteiger partial charge is 0.407 e. The molecule has 1 amide bonds. The highest BCUT2D eigenvalue weighted by atomic mass is 79.9. The van der Waals surface area contributed by atoms with Gasteiger partial charge in [-0.3, -0.25) is 0 Å². The van der Waals surface area contributed by atoms with Gasteiger partial charge in [0.1, 0.15) is 11.4 Å². The summed E-state index contributed by atoms with van der Waals surface area (Å²) < 4.78 is 63.6. The highest BCUT2D eigenvalue weighted by molar-refractivity contribution is 9.10. The van der Waals surface area contributed by atoms with Gasteiger partial charge in [0.2, 0.25) is 0 Å². The molecule has 3 rings (SSSR count). The van der Waals surface area contributed by atoms with Crippen molar-refractivity contribution in [2.24, 2.45) is 0 Å². The van der Waals surface area contributed by atoms with Crippen molar-refractivity contribution in [2.45, 2.75) is 51.3 Å². The molecule has 186 valence electrons. The summed E-state index contributed by atoms with van der Waals surface area (Å²) in [5.74, 6) is -0.144. The Morgan fingerprint density at radius 2 is 1.76 bits per heavy atom. The Labute approximate surface area is 211 Å². The molecule has 34 heavy (non-hydrogen) atoms. The average Bonchev–Trinajstić information content (AvgIpc) is 3.03. The maximum atomic E-state index is 13.5. The lowest BCUT2D eigenvalue weighted by atomic mass is 10.2. The van der Waals surface area contributed by atoms with E-state index in [1.54, 1.807) is 32.9 Å². The summed E-state index contributed by atoms with van der Waals surface area (Å²) in [6, 6.07) is 10.5. The van der Waals surface area contributed by atoms with E-state index in [1.165, 1.54) is 30.3 Å². The van der Waals surface area contributed by atoms with Gasteiger partial charge in [0.25, 0.3) is 10.0 Å². The second-order valence-corrected chi connectivity index (χ2v) is 10.9. The molecule has 0 bridgehead atoms. The maximum Gasteiger partial charge on any atom is 0.407 e. The Balaban J connectivity index is 0.00000408. The van der Waals surface area contributed by atoms with Crippen molar-refractivity contribution >= 4 is 55.4 Å². The number of fused-ring (bicyclic) bond motifs is 1. The molecular weight excluding hydrogens is 558 g/mol. The van der Waals surface area contributed by atoms with Crippen molar-refractivity contribution in [3.63, 3.8) is 0 Å². The van der Waals surface area contributed by atoms with E-state index < -0.39 is 28.3 Å². The van der Waals surface area contributed by atoms with E-state index in [2.05, 4.69) is 26.0 Å². The molecule has 0 saturated carbocycles. The average molecular weight is 582 g/mol. The molecule has 1 aromatic heterocycles. The molecule has 0 aliphatic carbocycles. The van der Waals surface area contributed by atoms with Crippen molar-refractivity contribution in [3.05, 3.63) is 58.2 Å². The highest BCUT2D eigenvalue weighted by Gasteiger charge is 2.25. The van der Waals surface area contributed by atoms with Gasteiger partial charge in [-0.25, -0.2) is 17.2 Å². The second kappa shape index (κ2) is 10.5. The zero-order valence-corrected chi connectivity index (χ0v) is 22.0. The normalized spacial score (nSPS) is 11.9. The van der Waals surface area contributed by atoms with Crippen LogP contribution in [0.1, 0.15) is 32.0 Å². The number of aromatic nitrogens is 1. The van der Waals surface area contributed by atoms with Crippen LogP contribution in [0.3, 0.4) is 0 Å². The van der Waals surface area contributed by atoms with Gasteiger partial charge in [0.05, 0.1) is 27.1 Å². The van der Waals surface area contributed by atoms with E-state index in [0.717, 1.165) is 9.54 Å². The van der Waals surface area contributed by atoms with E-state index in [4.69, 9.17) is 4.74 Å². The van der Waals surface area contributed by atoms with Crippen LogP contribution in [0.2, 0.25) is 0 Å². The lowest BCUT2D eigenvalue weighted by Gasteiger charge is -2.20. The molecular formula is C22H24BrClF2N2O5S. The maximum absolute atomic E-state index is 13.5. The summed E-state index contributed by atoms with van der Waals surface area (Å²) in [4.78, 5) is 12.2. The quantitative estimate of drug-likeness (QED) is 0.386. The third-order valence-corrected chi connectivity index (χ3v) is 6.87. The van der Waals surface area contributed by atoms with Gasteiger partial charge in [-0.05, 0) is 74.0 Å². The van der Waals surface area contributed by atoms with Gasteiger partial charge >= 0.3 is 12.7 Å². The minimum atomic E-state index is -4.09. The van der Waals surface area contributed by atoms with Crippen LogP contribution in [0.25, 0.3) is 10.9 Å². The largest absolute Gasteiger partial charge is 0.444 e. The fraction of sp³-hybridized carbons (Fsp3) is 0.318. The molecule has 1 heterocycles. The van der Waals surface area contributed by atoms with Crippen LogP contribution in [0.5, 0.6) is 5.75 Å². The fourth-order valence-corrected chi connectivity index (χ4v) is 5.09. The monoisotopic (exact) mass is 580 g/mol. The molecule has 2 aromatic carbocycles. The number of halogens is 4. The van der Waals surface area contributed by atoms with Crippen molar-refractivity contribution in [1.29, 1.82) is 0 Å². The number of benzene rings is 2. The Bertz CT molecular complexity index is 1290. The molecule has 0 radical (unpaired) electrons. The summed E-state index contributed by atoms with van der Waals surface area (Å²) in [7, 11) is -4.09. The number of hydrogen-bond acceptors (Lipinski definition) is 5. The number of nitrogens with one attached hydrogen (secondary N) is 1. The molecule has 1 N–H and O–H groups in total. The number of carbonyl (C=O) groups is 1. The lowest BCUT2D eigenvalue weighted by Crippen LogP contribution is -2.33. The molecule has 0 aliphatic heterocycles. The Morgan fingerprint density at radius 3 is 2.32 bits per heavy atom. The third-order valence-electron chi connectivity index (χ3n) is 4.47. The minimum Gasteiger partial charge on any atom is -0.444 e. The predicted molar refractivity (Wildman–Crippen MR) is 130 cm³/mol. The van der Waals surface area contributed by atoms with Crippen LogP contribution in [0, 0.1) is 6.92 Å². The van der Waals surface area contributed by atoms with Gasteiger partial charge < -0.3 is 14.8 Å². The van der Waals surface area contributed by atoms with Gasteiger partial charge in [0.15, 0.2) is 0 Å². The van der Waals surface area contributed by atoms with Gasteiger partial charge in [-0.1, -0.05) is 17.7 Å². The topological polar surface area (TPSA) is 86.6 Å². The number of aryl methyl sites for hydroxylation is 1. The third kappa shape index (κ3) is 6.39. The molecule has 12 heteroatoms. The van der Waals surface area contributed by atoms with Gasteiger partial charge in [-0.15, -0.1) is 12.4 Å². The fourth-order valence-electron chi connectivity index (χ4n) is 3.13. The first kappa shape index (κ1) is 27.9. The Hall–Kier alpha value is -2.37. The van der Waals surface area contributed by atoms with Crippen LogP contribution >= 0.6 is 28.3 Å². The van der Waals surface area contributed by atoms with Crippen LogP contribution in [0.4, 0.5) is 13.6 Å². The van der Waals surface area contributed by atoms with Crippen molar-refractivity contribution in [2.75, 3.05) is 0 Å². The van der Waals surface area contributed by atoms with Crippen LogP contribution in [-0.2, 0) is 21.3 Å². The van der Waals surface area contributed by atoms with Crippen LogP contribution in [0.15, 0.2) is 51.8 Å². The number of alkyl halides is 2. The number of carbonyl (C=O) groups excluding carboxylic acids is 1. The number of rotatable bonds is 6. The second-order valence-electron chi connectivity index (χ2n) is 8.29. The molecule has 7 nitrogen and oxygen atoms in total. The first-order valence-electron chi connectivity index (χ1n) is 9.86. The van der Waals surface area contributed by atoms with E-state index in [1.807, 2.05) is 6.92 Å². The number of nitrogens with zero attached hydrogens (tertiary/aromatic N) is 1. The summed E-state index contributed by atoms with van der Waals surface area (Å²) in [6.07, 6.45) is -0.727. The molecule has 0 atom stereocenters. The van der Waals surface area contributed by atoms with Crippen molar-refractivity contribution in [1.82, 2.24) is 9.29 Å². The molecule has 0 saturated heterocycles. The van der Waals surface area contributed by atoms with Gasteiger partial charge in [0, 0.05) is 5.39 Å². The Kier molecular flexibility index (Phi) is 8.60. The number of ether oxygens (including phenoxy) is 2. The van der Waals surface area contributed by atoms with E-state index in [-0.39, 0.29) is 45.3 Å². The number of amides is 1. The Morgan fingerprint density at radius 1 is 1.15 bits per heavy atom. The van der Waals surface area contributed by atoms with Crippen LogP contribution in [-0.4, -0.2) is 30.7 Å². The summed E-state index contributed by atoms with van der Waals surface area (Å²) in [6.45, 7) is 3.70. The zero-order valence-electron chi connectivity index (χ0n) is 18.8. The van der Waals surface area contributed by atoms with Crippen molar-refractivity contribution in [3.8, 4) is 5.75 Å². The molecule has 0 unspecified atom stereocenters. The SMILES string of the molecule is Cc1ccc(S(=O)(=O)n2c(CNC(=O)OC(C)(C)C)cc3cc(OC(F)F)c(Br)cc32)cc1.Cl. The predicted octanol–water partition coefficient (Wildman–Crippen LogP) is 6.00. The summed E-state index contributed by atoms with van der Waals surface area (Å²) in [5.41, 5.74) is 0.578. The van der Waals surface area contributed by atoms with Crippen LogP contribution < -0.4 is 10.1 Å². The first-order valence-corrected chi connectivity index (χ1v) is 12.1. The van der Waals surface area contributed by atoms with Gasteiger partial charge in [-0.2, -0.15) is 8.78 Å². The standard InChI is InChI=1S/C22H23BrF2N2O5S.ClH/c1-13-5-7-16(8-6-13)33(29,30)27-15(12-26-21(28)32-22(2,3)4)9-14-10-19(31-20(24)25)17(23)11-18(14)27;/h5-11,20H,12H2,1-4H3,(H,26,28);1H. The van der Waals surface area contributed by atoms with Crippen molar-refractivity contribution < 1.29 is 31.5 Å². The molecule has 3 aromatic rings. The van der Waals surface area contributed by atoms with E-state index in [0.29, 0.717) is 5.39 Å². The molecule has 0 fully saturated rings. The summed E-state index contributed by atoms with van der Waals surface area (Å²) in [5, 5.41) is 2.88. The first-order chi connectivity index (χ1) is 15.3. The lowest BCUT2D eigenvalue weighted by molar-refractivity contribution is -0.0502. The number of alkyl carbamates (subject to hydrolysis) is 1.